The molecule has 0 saturated carbocycles. The van der Waals surface area contributed by atoms with E-state index in [-0.39, 0.29) is 18.5 Å². The van der Waals surface area contributed by atoms with E-state index in [1.54, 1.807) is 12.1 Å². The Morgan fingerprint density at radius 3 is 2.84 bits per heavy atom. The molecule has 37 heavy (non-hydrogen) atoms. The molecule has 2 atom stereocenters. The van der Waals surface area contributed by atoms with Crippen molar-refractivity contribution >= 4 is 28.6 Å². The molecule has 4 aromatic rings. The lowest BCUT2D eigenvalue weighted by Crippen LogP contribution is -2.40. The molecule has 8 heteroatoms. The fourth-order valence-electron chi connectivity index (χ4n) is 6.01. The molecule has 2 N–H and O–H groups in total. The molecule has 0 aliphatic carbocycles. The molecule has 3 aliphatic heterocycles. The van der Waals surface area contributed by atoms with Crippen molar-refractivity contribution in [3.8, 4) is 5.75 Å². The van der Waals surface area contributed by atoms with E-state index in [4.69, 9.17) is 15.2 Å². The van der Waals surface area contributed by atoms with Gasteiger partial charge < -0.3 is 19.8 Å². The van der Waals surface area contributed by atoms with Gasteiger partial charge in [0.15, 0.2) is 0 Å². The zero-order valence-electron chi connectivity index (χ0n) is 20.2. The summed E-state index contributed by atoms with van der Waals surface area (Å²) in [6, 6.07) is 16.1. The monoisotopic (exact) mass is 500 g/mol. The minimum Gasteiger partial charge on any atom is -0.488 e. The Morgan fingerprint density at radius 2 is 1.95 bits per heavy atom. The number of nitrogens with two attached hydrogens (primary N) is 1. The Bertz CT molecular complexity index is 1550. The van der Waals surface area contributed by atoms with Gasteiger partial charge in [0.25, 0.3) is 0 Å². The van der Waals surface area contributed by atoms with Crippen molar-refractivity contribution in [2.24, 2.45) is 0 Å². The maximum atomic E-state index is 14.8. The maximum Gasteiger partial charge on any atom is 0.201 e. The molecule has 4 heterocycles. The Hall–Kier alpha value is -3.75. The van der Waals surface area contributed by atoms with Crippen LogP contribution in [0.4, 0.5) is 14.7 Å². The molecule has 0 bridgehead atoms. The average molecular weight is 501 g/mol. The number of fused-ring (bicyclic) bond motifs is 4. The third-order valence-corrected chi connectivity index (χ3v) is 7.77. The lowest BCUT2D eigenvalue weighted by atomic mass is 9.92. The Labute approximate surface area is 212 Å². The molecule has 2 fully saturated rings. The summed E-state index contributed by atoms with van der Waals surface area (Å²) in [5.74, 6) is 0.137. The standard InChI is InChI=1S/C29H26F2N4O2/c30-18-5-6-22-23(21-2-1-3-25(31)24(21)16-37-28(22)12-18)10-17-4-7-27-26(11-17)33-29(32)35(27)19-13-20-15-36-9-8-34(20)14-19/h1-7,10-12,19-20H,8-9,13-16H2,(H2,32,33)/b23-10+/t19-,20+/m1/s1. The lowest BCUT2D eigenvalue weighted by molar-refractivity contribution is 0.0128. The second kappa shape index (κ2) is 8.68. The highest BCUT2D eigenvalue weighted by molar-refractivity contribution is 5.96. The van der Waals surface area contributed by atoms with Gasteiger partial charge in [0, 0.05) is 36.3 Å². The van der Waals surface area contributed by atoms with E-state index in [0.717, 1.165) is 60.5 Å². The van der Waals surface area contributed by atoms with Gasteiger partial charge in [0.2, 0.25) is 5.95 Å². The normalized spacial score (nSPS) is 22.4. The molecule has 2 saturated heterocycles. The SMILES string of the molecule is Nc1nc2cc(/C=C3/c4ccc(F)cc4OCc4c(F)cccc43)ccc2n1[C@@H]1C[C@H]2COCCN2C1. The van der Waals surface area contributed by atoms with Gasteiger partial charge in [0.05, 0.1) is 30.3 Å². The van der Waals surface area contributed by atoms with Crippen molar-refractivity contribution in [2.75, 3.05) is 32.0 Å². The number of ether oxygens (including phenoxy) is 2. The number of anilines is 1. The van der Waals surface area contributed by atoms with Crippen LogP contribution in [0, 0.1) is 11.6 Å². The molecule has 0 radical (unpaired) electrons. The van der Waals surface area contributed by atoms with Crippen LogP contribution in [0.15, 0.2) is 54.6 Å². The van der Waals surface area contributed by atoms with Crippen LogP contribution < -0.4 is 10.5 Å². The summed E-state index contributed by atoms with van der Waals surface area (Å²) >= 11 is 0. The third-order valence-electron chi connectivity index (χ3n) is 7.77. The van der Waals surface area contributed by atoms with E-state index in [0.29, 0.717) is 28.9 Å². The van der Waals surface area contributed by atoms with Crippen LogP contribution in [0.1, 0.15) is 34.7 Å². The van der Waals surface area contributed by atoms with Gasteiger partial charge in [-0.05, 0) is 59.5 Å². The lowest BCUT2D eigenvalue weighted by Gasteiger charge is -2.28. The summed E-state index contributed by atoms with van der Waals surface area (Å²) in [5.41, 5.74) is 11.7. The number of benzene rings is 3. The van der Waals surface area contributed by atoms with Crippen LogP contribution in [-0.4, -0.2) is 46.8 Å². The molecular weight excluding hydrogens is 474 g/mol. The number of nitrogen functional groups attached to an aromatic ring is 1. The van der Waals surface area contributed by atoms with Crippen LogP contribution in [0.2, 0.25) is 0 Å². The summed E-state index contributed by atoms with van der Waals surface area (Å²) in [6.45, 7) is 3.45. The maximum absolute atomic E-state index is 14.8. The van der Waals surface area contributed by atoms with Gasteiger partial charge in [0.1, 0.15) is 24.0 Å². The molecule has 188 valence electrons. The molecule has 0 spiro atoms. The average Bonchev–Trinajstić information content (AvgIpc) is 3.41. The van der Waals surface area contributed by atoms with Crippen LogP contribution in [0.25, 0.3) is 22.7 Å². The van der Waals surface area contributed by atoms with E-state index in [2.05, 4.69) is 14.5 Å². The minimum atomic E-state index is -0.401. The number of halogens is 2. The molecule has 3 aromatic carbocycles. The first-order chi connectivity index (χ1) is 18.0. The van der Waals surface area contributed by atoms with E-state index in [1.807, 2.05) is 30.3 Å². The van der Waals surface area contributed by atoms with E-state index in [1.165, 1.54) is 18.2 Å². The van der Waals surface area contributed by atoms with Crippen molar-refractivity contribution in [1.82, 2.24) is 14.5 Å². The van der Waals surface area contributed by atoms with Crippen molar-refractivity contribution in [3.05, 3.63) is 88.5 Å². The highest BCUT2D eigenvalue weighted by Gasteiger charge is 2.36. The van der Waals surface area contributed by atoms with E-state index < -0.39 is 5.82 Å². The number of imidazole rings is 1. The van der Waals surface area contributed by atoms with Gasteiger partial charge in [-0.15, -0.1) is 0 Å². The number of morpholine rings is 1. The fraction of sp³-hybridized carbons (Fsp3) is 0.276. The summed E-state index contributed by atoms with van der Waals surface area (Å²) < 4.78 is 42.4. The second-order valence-corrected chi connectivity index (χ2v) is 9.95. The van der Waals surface area contributed by atoms with E-state index in [9.17, 15) is 8.78 Å². The largest absolute Gasteiger partial charge is 0.488 e. The summed E-state index contributed by atoms with van der Waals surface area (Å²) in [4.78, 5) is 7.16. The predicted octanol–water partition coefficient (Wildman–Crippen LogP) is 5.02. The highest BCUT2D eigenvalue weighted by Crippen LogP contribution is 2.40. The van der Waals surface area contributed by atoms with Gasteiger partial charge in [-0.1, -0.05) is 18.2 Å². The van der Waals surface area contributed by atoms with Gasteiger partial charge in [-0.2, -0.15) is 0 Å². The van der Waals surface area contributed by atoms with E-state index >= 15 is 0 Å². The minimum absolute atomic E-state index is 0.0280. The van der Waals surface area contributed by atoms with Crippen molar-refractivity contribution in [3.63, 3.8) is 0 Å². The van der Waals surface area contributed by atoms with Crippen LogP contribution in [-0.2, 0) is 11.3 Å². The first-order valence-electron chi connectivity index (χ1n) is 12.6. The number of nitrogens with zero attached hydrogens (tertiary/aromatic N) is 3. The summed E-state index contributed by atoms with van der Waals surface area (Å²) in [5, 5.41) is 0. The molecule has 6 nitrogen and oxygen atoms in total. The van der Waals surface area contributed by atoms with Gasteiger partial charge >= 0.3 is 0 Å². The van der Waals surface area contributed by atoms with Gasteiger partial charge in [-0.25, -0.2) is 13.8 Å². The Kier molecular flexibility index (Phi) is 5.26. The fourth-order valence-corrected chi connectivity index (χ4v) is 6.01. The van der Waals surface area contributed by atoms with Crippen molar-refractivity contribution < 1.29 is 18.3 Å². The van der Waals surface area contributed by atoms with Crippen molar-refractivity contribution in [2.45, 2.75) is 25.1 Å². The zero-order chi connectivity index (χ0) is 25.1. The van der Waals surface area contributed by atoms with Gasteiger partial charge in [-0.3, -0.25) is 4.90 Å². The quantitative estimate of drug-likeness (QED) is 0.419. The smallest absolute Gasteiger partial charge is 0.201 e. The number of aromatic nitrogens is 2. The number of hydrogen-bond donors (Lipinski definition) is 1. The molecule has 3 aliphatic rings. The third kappa shape index (κ3) is 3.79. The molecule has 0 amide bonds. The zero-order valence-corrected chi connectivity index (χ0v) is 20.2. The molecule has 0 unspecified atom stereocenters. The molecular formula is C29H26F2N4O2. The Morgan fingerprint density at radius 1 is 1.03 bits per heavy atom. The first-order valence-corrected chi connectivity index (χ1v) is 12.6. The number of rotatable bonds is 2. The van der Waals surface area contributed by atoms with Crippen molar-refractivity contribution in [1.29, 1.82) is 0 Å². The molecule has 1 aromatic heterocycles. The van der Waals surface area contributed by atoms with Crippen LogP contribution >= 0.6 is 0 Å². The topological polar surface area (TPSA) is 65.5 Å². The number of hydrogen-bond acceptors (Lipinski definition) is 5. The summed E-state index contributed by atoms with van der Waals surface area (Å²) in [6.07, 6.45) is 2.96. The summed E-state index contributed by atoms with van der Waals surface area (Å²) in [7, 11) is 0. The predicted molar refractivity (Wildman–Crippen MR) is 138 cm³/mol. The molecule has 7 rings (SSSR count). The van der Waals surface area contributed by atoms with Crippen LogP contribution in [0.5, 0.6) is 5.75 Å². The Balaban J connectivity index is 1.32. The van der Waals surface area contributed by atoms with Crippen LogP contribution in [0.3, 0.4) is 0 Å². The highest BCUT2D eigenvalue weighted by atomic mass is 19.1. The first kappa shape index (κ1) is 22.4. The second-order valence-electron chi connectivity index (χ2n) is 9.95.